The van der Waals surface area contributed by atoms with Gasteiger partial charge in [-0.1, -0.05) is 103 Å². The third kappa shape index (κ3) is 6.18. The maximum atomic E-state index is 13.0. The summed E-state index contributed by atoms with van der Waals surface area (Å²) in [5.74, 6) is 1.39. The van der Waals surface area contributed by atoms with Gasteiger partial charge in [0.15, 0.2) is 5.82 Å². The van der Waals surface area contributed by atoms with Gasteiger partial charge in [-0.25, -0.2) is 9.97 Å². The van der Waals surface area contributed by atoms with Gasteiger partial charge in [0.25, 0.3) is 0 Å². The molecule has 0 fully saturated rings. The average Bonchev–Trinajstić information content (AvgIpc) is 2.96. The molecule has 1 aromatic heterocycles. The number of halogens is 1. The Morgan fingerprint density at radius 1 is 0.868 bits per heavy atom. The zero-order chi connectivity index (χ0) is 26.3. The lowest BCUT2D eigenvalue weighted by molar-refractivity contribution is -0.121. The Kier molecular flexibility index (Phi) is 7.95. The lowest BCUT2D eigenvalue weighted by atomic mass is 10.1. The quantitative estimate of drug-likeness (QED) is 0.223. The third-order valence-electron chi connectivity index (χ3n) is 6.47. The molecule has 1 amide bonds. The zero-order valence-electron chi connectivity index (χ0n) is 21.2. The smallest absolute Gasteiger partial charge is 0.222 e. The number of nitrogens with zero attached hydrogens (tertiary/aromatic N) is 3. The number of carbonyl (C=O) groups is 1. The Hall–Kier alpha value is -4.22. The van der Waals surface area contributed by atoms with Crippen molar-refractivity contribution in [1.29, 1.82) is 0 Å². The lowest BCUT2D eigenvalue weighted by Crippen LogP contribution is -2.32. The van der Waals surface area contributed by atoms with Gasteiger partial charge in [0.2, 0.25) is 5.91 Å². The summed E-state index contributed by atoms with van der Waals surface area (Å²) in [6.45, 7) is 3.10. The third-order valence-corrected chi connectivity index (χ3v) is 6.71. The Bertz CT molecular complexity index is 1510. The molecule has 190 valence electrons. The lowest BCUT2D eigenvalue weighted by Gasteiger charge is -2.26. The first-order valence-corrected chi connectivity index (χ1v) is 13.1. The number of benzene rings is 4. The van der Waals surface area contributed by atoms with Gasteiger partial charge in [0, 0.05) is 35.5 Å². The molecule has 0 spiro atoms. The van der Waals surface area contributed by atoms with Crippen LogP contribution in [0.2, 0.25) is 5.02 Å². The summed E-state index contributed by atoms with van der Waals surface area (Å²) < 4.78 is 0. The van der Waals surface area contributed by atoms with Gasteiger partial charge in [-0.2, -0.15) is 0 Å². The topological polar surface area (TPSA) is 58.1 Å². The number of rotatable bonds is 9. The molecule has 38 heavy (non-hydrogen) atoms. The van der Waals surface area contributed by atoms with Crippen LogP contribution in [0.15, 0.2) is 109 Å². The second-order valence-corrected chi connectivity index (χ2v) is 9.69. The normalized spacial score (nSPS) is 11.7. The Labute approximate surface area is 228 Å². The molecule has 5 rings (SSSR count). The van der Waals surface area contributed by atoms with Crippen LogP contribution in [0.5, 0.6) is 0 Å². The second kappa shape index (κ2) is 11.9. The summed E-state index contributed by atoms with van der Waals surface area (Å²) in [6, 6.07) is 35.7. The fourth-order valence-corrected chi connectivity index (χ4v) is 4.65. The van der Waals surface area contributed by atoms with E-state index >= 15 is 0 Å². The Morgan fingerprint density at radius 3 is 2.24 bits per heavy atom. The first-order valence-electron chi connectivity index (χ1n) is 12.7. The van der Waals surface area contributed by atoms with Crippen molar-refractivity contribution >= 4 is 34.2 Å². The monoisotopic (exact) mass is 520 g/mol. The summed E-state index contributed by atoms with van der Waals surface area (Å²) in [4.78, 5) is 25.0. The summed E-state index contributed by atoms with van der Waals surface area (Å²) >= 11 is 6.35. The highest BCUT2D eigenvalue weighted by molar-refractivity contribution is 6.31. The molecule has 5 nitrogen and oxygen atoms in total. The van der Waals surface area contributed by atoms with Crippen molar-refractivity contribution in [2.75, 3.05) is 11.4 Å². The summed E-state index contributed by atoms with van der Waals surface area (Å²) in [5, 5.41) is 4.64. The van der Waals surface area contributed by atoms with E-state index in [-0.39, 0.29) is 11.9 Å². The zero-order valence-corrected chi connectivity index (χ0v) is 22.0. The van der Waals surface area contributed by atoms with Crippen LogP contribution >= 0.6 is 11.6 Å². The summed E-state index contributed by atoms with van der Waals surface area (Å²) in [6.07, 6.45) is 0.323. The van der Waals surface area contributed by atoms with Crippen molar-refractivity contribution in [3.8, 4) is 11.4 Å². The predicted molar refractivity (Wildman–Crippen MR) is 155 cm³/mol. The molecule has 0 aliphatic heterocycles. The Morgan fingerprint density at radius 2 is 1.53 bits per heavy atom. The number of nitrogens with one attached hydrogen (secondary N) is 1. The predicted octanol–water partition coefficient (Wildman–Crippen LogP) is 7.22. The highest BCUT2D eigenvalue weighted by Crippen LogP contribution is 2.30. The van der Waals surface area contributed by atoms with Crippen LogP contribution in [-0.2, 0) is 11.3 Å². The van der Waals surface area contributed by atoms with Crippen LogP contribution in [-0.4, -0.2) is 22.4 Å². The van der Waals surface area contributed by atoms with Crippen LogP contribution in [0, 0.1) is 0 Å². The molecule has 0 saturated carbocycles. The molecule has 1 heterocycles. The molecule has 1 atom stereocenters. The van der Waals surface area contributed by atoms with Crippen LogP contribution < -0.4 is 10.2 Å². The van der Waals surface area contributed by atoms with Crippen molar-refractivity contribution in [2.24, 2.45) is 0 Å². The molecule has 0 bridgehead atoms. The van der Waals surface area contributed by atoms with Gasteiger partial charge in [0.05, 0.1) is 11.6 Å². The molecule has 0 saturated heterocycles. The van der Waals surface area contributed by atoms with E-state index in [4.69, 9.17) is 21.6 Å². The van der Waals surface area contributed by atoms with E-state index in [1.165, 1.54) is 0 Å². The fraction of sp³-hybridized carbons (Fsp3) is 0.156. The number of amides is 1. The molecule has 0 unspecified atom stereocenters. The van der Waals surface area contributed by atoms with Crippen LogP contribution in [0.4, 0.5) is 5.82 Å². The van der Waals surface area contributed by atoms with Crippen molar-refractivity contribution < 1.29 is 4.79 Å². The molecule has 5 aromatic rings. The second-order valence-electron chi connectivity index (χ2n) is 9.26. The molecule has 0 radical (unpaired) electrons. The van der Waals surface area contributed by atoms with E-state index < -0.39 is 0 Å². The minimum atomic E-state index is -0.0713. The Balaban J connectivity index is 1.48. The first kappa shape index (κ1) is 25.4. The standard InChI is InChI=1S/C32H29ClN4O/c1-23(25-13-7-3-8-14-25)34-30(38)19-20-37(22-24-11-5-2-6-12-24)32-28-18-17-27(33)21-29(28)35-31(36-32)26-15-9-4-10-16-26/h2-18,21,23H,19-20,22H2,1H3,(H,34,38)/t23-/m1/s1. The molecule has 1 N–H and O–H groups in total. The summed E-state index contributed by atoms with van der Waals surface area (Å²) in [7, 11) is 0. The highest BCUT2D eigenvalue weighted by atomic mass is 35.5. The molecule has 4 aromatic carbocycles. The number of hydrogen-bond acceptors (Lipinski definition) is 4. The van der Waals surface area contributed by atoms with Crippen molar-refractivity contribution in [3.63, 3.8) is 0 Å². The average molecular weight is 521 g/mol. The molecule has 6 heteroatoms. The van der Waals surface area contributed by atoms with E-state index in [9.17, 15) is 4.79 Å². The minimum absolute atomic E-state index is 0.0101. The van der Waals surface area contributed by atoms with Gasteiger partial charge in [-0.3, -0.25) is 4.79 Å². The maximum absolute atomic E-state index is 13.0. The van der Waals surface area contributed by atoms with Gasteiger partial charge in [0.1, 0.15) is 5.82 Å². The van der Waals surface area contributed by atoms with E-state index in [0.29, 0.717) is 30.4 Å². The largest absolute Gasteiger partial charge is 0.351 e. The number of aromatic nitrogens is 2. The molecule has 0 aliphatic carbocycles. The van der Waals surface area contributed by atoms with Gasteiger partial charge >= 0.3 is 0 Å². The molecular weight excluding hydrogens is 492 g/mol. The van der Waals surface area contributed by atoms with Gasteiger partial charge in [-0.15, -0.1) is 0 Å². The van der Waals surface area contributed by atoms with Crippen molar-refractivity contribution in [3.05, 3.63) is 125 Å². The van der Waals surface area contributed by atoms with E-state index in [2.05, 4.69) is 22.3 Å². The van der Waals surface area contributed by atoms with E-state index in [1.807, 2.05) is 104 Å². The van der Waals surface area contributed by atoms with Gasteiger partial charge in [-0.05, 0) is 36.2 Å². The maximum Gasteiger partial charge on any atom is 0.222 e. The van der Waals surface area contributed by atoms with Crippen molar-refractivity contribution in [2.45, 2.75) is 25.9 Å². The van der Waals surface area contributed by atoms with Crippen LogP contribution in [0.3, 0.4) is 0 Å². The number of anilines is 1. The fourth-order valence-electron chi connectivity index (χ4n) is 4.48. The van der Waals surface area contributed by atoms with Gasteiger partial charge < -0.3 is 10.2 Å². The number of hydrogen-bond donors (Lipinski definition) is 1. The van der Waals surface area contributed by atoms with Crippen LogP contribution in [0.25, 0.3) is 22.3 Å². The highest BCUT2D eigenvalue weighted by Gasteiger charge is 2.18. The first-order chi connectivity index (χ1) is 18.6. The molecule has 0 aliphatic rings. The minimum Gasteiger partial charge on any atom is -0.351 e. The number of carbonyl (C=O) groups excluding carboxylic acids is 1. The number of fused-ring (bicyclic) bond motifs is 1. The molecular formula is C32H29ClN4O. The summed E-state index contributed by atoms with van der Waals surface area (Å²) in [5.41, 5.74) is 3.90. The van der Waals surface area contributed by atoms with E-state index in [1.54, 1.807) is 0 Å². The van der Waals surface area contributed by atoms with Crippen LogP contribution in [0.1, 0.15) is 30.5 Å². The van der Waals surface area contributed by atoms with Crippen molar-refractivity contribution in [1.82, 2.24) is 15.3 Å². The SMILES string of the molecule is C[C@@H](NC(=O)CCN(Cc1ccccc1)c1nc(-c2ccccc2)nc2cc(Cl)ccc12)c1ccccc1. The van der Waals surface area contributed by atoms with E-state index in [0.717, 1.165) is 33.4 Å².